The zero-order valence-corrected chi connectivity index (χ0v) is 18.4. The summed E-state index contributed by atoms with van der Waals surface area (Å²) in [5, 5.41) is 3.92. The van der Waals surface area contributed by atoms with Gasteiger partial charge in [0.1, 0.15) is 0 Å². The molecule has 5 heteroatoms. The second-order valence-corrected chi connectivity index (χ2v) is 8.12. The van der Waals surface area contributed by atoms with Crippen LogP contribution in [-0.2, 0) is 13.0 Å². The summed E-state index contributed by atoms with van der Waals surface area (Å²) < 4.78 is 0. The molecule has 0 saturated heterocycles. The van der Waals surface area contributed by atoms with Gasteiger partial charge in [0.2, 0.25) is 0 Å². The first-order valence-corrected chi connectivity index (χ1v) is 10.8. The molecule has 0 unspecified atom stereocenters. The number of aromatic amines is 1. The Morgan fingerprint density at radius 2 is 1.62 bits per heavy atom. The summed E-state index contributed by atoms with van der Waals surface area (Å²) in [6, 6.07) is 25.2. The minimum absolute atomic E-state index is 0.165. The van der Waals surface area contributed by atoms with Crippen LogP contribution in [0.25, 0.3) is 10.9 Å². The van der Waals surface area contributed by atoms with Crippen LogP contribution < -0.4 is 10.9 Å². The van der Waals surface area contributed by atoms with Crippen LogP contribution in [-0.4, -0.2) is 22.5 Å². The summed E-state index contributed by atoms with van der Waals surface area (Å²) >= 11 is 0. The maximum Gasteiger partial charge on any atom is 0.322 e. The lowest BCUT2D eigenvalue weighted by Crippen LogP contribution is -2.37. The number of rotatable bonds is 6. The zero-order valence-electron chi connectivity index (χ0n) is 18.4. The Morgan fingerprint density at radius 3 is 2.34 bits per heavy atom. The lowest BCUT2D eigenvalue weighted by molar-refractivity contribution is 0.209. The van der Waals surface area contributed by atoms with Gasteiger partial charge in [-0.15, -0.1) is 0 Å². The normalized spacial score (nSPS) is 10.8. The number of aryl methyl sites for hydroxylation is 2. The van der Waals surface area contributed by atoms with E-state index in [-0.39, 0.29) is 18.1 Å². The van der Waals surface area contributed by atoms with E-state index in [1.807, 2.05) is 80.6 Å². The highest BCUT2D eigenvalue weighted by Gasteiger charge is 2.17. The van der Waals surface area contributed by atoms with E-state index in [0.29, 0.717) is 18.5 Å². The first-order valence-electron chi connectivity index (χ1n) is 10.8. The number of urea groups is 1. The van der Waals surface area contributed by atoms with Crippen LogP contribution in [0.2, 0.25) is 0 Å². The van der Waals surface area contributed by atoms with E-state index in [9.17, 15) is 9.59 Å². The molecule has 0 bridgehead atoms. The van der Waals surface area contributed by atoms with Crippen molar-refractivity contribution in [2.75, 3.05) is 11.9 Å². The van der Waals surface area contributed by atoms with Crippen molar-refractivity contribution in [3.63, 3.8) is 0 Å². The van der Waals surface area contributed by atoms with Crippen LogP contribution in [0.1, 0.15) is 22.3 Å². The number of hydrogen-bond donors (Lipinski definition) is 2. The third-order valence-electron chi connectivity index (χ3n) is 5.56. The van der Waals surface area contributed by atoms with Crippen LogP contribution in [0, 0.1) is 13.8 Å². The minimum Gasteiger partial charge on any atom is -0.321 e. The molecule has 0 atom stereocenters. The molecular weight excluding hydrogens is 398 g/mol. The molecular formula is C27H27N3O2. The predicted octanol–water partition coefficient (Wildman–Crippen LogP) is 5.42. The number of benzene rings is 3. The summed E-state index contributed by atoms with van der Waals surface area (Å²) in [5.41, 5.74) is 5.28. The summed E-state index contributed by atoms with van der Waals surface area (Å²) in [6.07, 6.45) is 0.701. The number of amides is 2. The van der Waals surface area contributed by atoms with E-state index in [1.54, 1.807) is 4.90 Å². The molecule has 2 amide bonds. The van der Waals surface area contributed by atoms with E-state index in [1.165, 1.54) is 0 Å². The Kier molecular flexibility index (Phi) is 6.36. The highest BCUT2D eigenvalue weighted by atomic mass is 16.2. The molecule has 0 saturated carbocycles. The fourth-order valence-corrected chi connectivity index (χ4v) is 3.94. The first kappa shape index (κ1) is 21.4. The van der Waals surface area contributed by atoms with Gasteiger partial charge >= 0.3 is 6.03 Å². The average molecular weight is 426 g/mol. The van der Waals surface area contributed by atoms with Crippen molar-refractivity contribution < 1.29 is 4.79 Å². The van der Waals surface area contributed by atoms with Crippen molar-refractivity contribution >= 4 is 22.6 Å². The van der Waals surface area contributed by atoms with Crippen LogP contribution in [0.4, 0.5) is 10.5 Å². The molecule has 3 aromatic carbocycles. The molecule has 1 heterocycles. The van der Waals surface area contributed by atoms with Crippen molar-refractivity contribution in [1.82, 2.24) is 9.88 Å². The van der Waals surface area contributed by atoms with Gasteiger partial charge in [-0.1, -0.05) is 60.2 Å². The summed E-state index contributed by atoms with van der Waals surface area (Å²) in [4.78, 5) is 30.7. The SMILES string of the molecule is Cc1cc(C)c2[nH]c(=O)c(CN(CCc3ccccc3)C(=O)Nc3ccccc3)cc2c1. The molecule has 32 heavy (non-hydrogen) atoms. The number of anilines is 1. The predicted molar refractivity (Wildman–Crippen MR) is 130 cm³/mol. The van der Waals surface area contributed by atoms with E-state index in [4.69, 9.17) is 0 Å². The maximum absolute atomic E-state index is 13.1. The van der Waals surface area contributed by atoms with Gasteiger partial charge in [-0.2, -0.15) is 0 Å². The number of H-pyrrole nitrogens is 1. The summed E-state index contributed by atoms with van der Waals surface area (Å²) in [7, 11) is 0. The molecule has 5 nitrogen and oxygen atoms in total. The highest BCUT2D eigenvalue weighted by Crippen LogP contribution is 2.19. The number of fused-ring (bicyclic) bond motifs is 1. The zero-order chi connectivity index (χ0) is 22.5. The van der Waals surface area contributed by atoms with Crippen LogP contribution in [0.5, 0.6) is 0 Å². The Bertz CT molecular complexity index is 1280. The standard InChI is InChI=1S/C27H27N3O2/c1-19-15-20(2)25-22(16-19)17-23(26(31)29-25)18-30(14-13-21-9-5-3-6-10-21)27(32)28-24-11-7-4-8-12-24/h3-12,15-17H,13-14,18H2,1-2H3,(H,28,32)(H,29,31). The van der Waals surface area contributed by atoms with Gasteiger partial charge in [-0.3, -0.25) is 4.79 Å². The molecule has 1 aromatic heterocycles. The largest absolute Gasteiger partial charge is 0.322 e. The average Bonchev–Trinajstić information content (AvgIpc) is 2.78. The second kappa shape index (κ2) is 9.52. The number of aromatic nitrogens is 1. The number of nitrogens with zero attached hydrogens (tertiary/aromatic N) is 1. The van der Waals surface area contributed by atoms with Crippen molar-refractivity contribution in [2.24, 2.45) is 0 Å². The maximum atomic E-state index is 13.1. The van der Waals surface area contributed by atoms with Gasteiger partial charge < -0.3 is 15.2 Å². The van der Waals surface area contributed by atoms with Gasteiger partial charge in [0.15, 0.2) is 0 Å². The Hall–Kier alpha value is -3.86. The number of carbonyl (C=O) groups excluding carboxylic acids is 1. The van der Waals surface area contributed by atoms with E-state index in [0.717, 1.165) is 33.3 Å². The number of hydrogen-bond acceptors (Lipinski definition) is 2. The molecule has 4 aromatic rings. The molecule has 162 valence electrons. The van der Waals surface area contributed by atoms with E-state index < -0.39 is 0 Å². The Balaban J connectivity index is 1.62. The smallest absolute Gasteiger partial charge is 0.321 e. The van der Waals surface area contributed by atoms with Gasteiger partial charge in [-0.25, -0.2) is 4.79 Å². The molecule has 4 rings (SSSR count). The van der Waals surface area contributed by atoms with E-state index >= 15 is 0 Å². The second-order valence-electron chi connectivity index (χ2n) is 8.12. The Morgan fingerprint density at radius 1 is 0.938 bits per heavy atom. The van der Waals surface area contributed by atoms with Crippen molar-refractivity contribution in [3.8, 4) is 0 Å². The van der Waals surface area contributed by atoms with Crippen LogP contribution in [0.3, 0.4) is 0 Å². The lowest BCUT2D eigenvalue weighted by Gasteiger charge is -2.23. The third-order valence-corrected chi connectivity index (χ3v) is 5.56. The summed E-state index contributed by atoms with van der Waals surface area (Å²) in [5.74, 6) is 0. The van der Waals surface area contributed by atoms with Gasteiger partial charge in [0.05, 0.1) is 12.1 Å². The lowest BCUT2D eigenvalue weighted by atomic mass is 10.0. The van der Waals surface area contributed by atoms with Crippen molar-refractivity contribution in [1.29, 1.82) is 0 Å². The molecule has 0 aliphatic carbocycles. The number of para-hydroxylation sites is 1. The summed E-state index contributed by atoms with van der Waals surface area (Å²) in [6.45, 7) is 4.75. The monoisotopic (exact) mass is 425 g/mol. The number of nitrogens with one attached hydrogen (secondary N) is 2. The van der Waals surface area contributed by atoms with Gasteiger partial charge in [-0.05, 0) is 61.0 Å². The fourth-order valence-electron chi connectivity index (χ4n) is 3.94. The van der Waals surface area contributed by atoms with Crippen molar-refractivity contribution in [2.45, 2.75) is 26.8 Å². The highest BCUT2D eigenvalue weighted by molar-refractivity contribution is 5.89. The van der Waals surface area contributed by atoms with Gasteiger partial charge in [0, 0.05) is 17.8 Å². The van der Waals surface area contributed by atoms with Crippen molar-refractivity contribution in [3.05, 3.63) is 111 Å². The Labute approximate surface area is 187 Å². The van der Waals surface area contributed by atoms with Gasteiger partial charge in [0.25, 0.3) is 5.56 Å². The quantitative estimate of drug-likeness (QED) is 0.433. The number of pyridine rings is 1. The van der Waals surface area contributed by atoms with Crippen LogP contribution in [0.15, 0.2) is 83.7 Å². The van der Waals surface area contributed by atoms with E-state index in [2.05, 4.69) is 22.4 Å². The molecule has 0 fully saturated rings. The molecule has 0 aliphatic heterocycles. The molecule has 0 radical (unpaired) electrons. The topological polar surface area (TPSA) is 65.2 Å². The third kappa shape index (κ3) is 5.06. The molecule has 0 spiro atoms. The van der Waals surface area contributed by atoms with Crippen LogP contribution >= 0.6 is 0 Å². The number of carbonyl (C=O) groups is 1. The fraction of sp³-hybridized carbons (Fsp3) is 0.185. The molecule has 0 aliphatic rings. The molecule has 2 N–H and O–H groups in total. The minimum atomic E-state index is -0.230. The first-order chi connectivity index (χ1) is 15.5.